The van der Waals surface area contributed by atoms with Gasteiger partial charge in [0.2, 0.25) is 0 Å². The molecule has 0 saturated heterocycles. The van der Waals surface area contributed by atoms with Crippen molar-refractivity contribution in [1.29, 1.82) is 0 Å². The van der Waals surface area contributed by atoms with Gasteiger partial charge in [-0.1, -0.05) is 22.0 Å². The van der Waals surface area contributed by atoms with E-state index in [1.165, 1.54) is 5.57 Å². The van der Waals surface area contributed by atoms with Crippen molar-refractivity contribution in [3.8, 4) is 0 Å². The molecule has 0 atom stereocenters. The third-order valence-electron chi connectivity index (χ3n) is 1.34. The molecule has 46 valence electrons. The van der Waals surface area contributed by atoms with Gasteiger partial charge in [0.15, 0.2) is 0 Å². The number of halogens is 1. The topological polar surface area (TPSA) is 3.24 Å². The largest absolute Gasteiger partial charge is 0.299 e. The van der Waals surface area contributed by atoms with E-state index >= 15 is 0 Å². The average Bonchev–Trinajstić information content (AvgIpc) is 2.14. The van der Waals surface area contributed by atoms with Crippen LogP contribution in [-0.2, 0) is 0 Å². The zero-order chi connectivity index (χ0) is 5.98. The standard InChI is InChI=1S/C6H10BrN/c1-8-3-2-6(4-7)5-8/h2H,3-5H2,1H3. The first-order valence-electron chi connectivity index (χ1n) is 2.75. The minimum absolute atomic E-state index is 1.04. The van der Waals surface area contributed by atoms with Gasteiger partial charge in [0, 0.05) is 18.4 Å². The van der Waals surface area contributed by atoms with E-state index in [-0.39, 0.29) is 0 Å². The minimum Gasteiger partial charge on any atom is -0.299 e. The van der Waals surface area contributed by atoms with Crippen molar-refractivity contribution < 1.29 is 0 Å². The Morgan fingerprint density at radius 3 is 2.88 bits per heavy atom. The van der Waals surface area contributed by atoms with Gasteiger partial charge in [0.05, 0.1) is 0 Å². The Morgan fingerprint density at radius 2 is 2.62 bits per heavy atom. The van der Waals surface area contributed by atoms with Gasteiger partial charge >= 0.3 is 0 Å². The average molecular weight is 176 g/mol. The van der Waals surface area contributed by atoms with Crippen LogP contribution in [0.5, 0.6) is 0 Å². The monoisotopic (exact) mass is 175 g/mol. The summed E-state index contributed by atoms with van der Waals surface area (Å²) in [5, 5.41) is 1.04. The molecule has 8 heavy (non-hydrogen) atoms. The van der Waals surface area contributed by atoms with Crippen LogP contribution in [0.3, 0.4) is 0 Å². The van der Waals surface area contributed by atoms with Gasteiger partial charge in [-0.25, -0.2) is 0 Å². The Bertz CT molecular complexity index is 109. The van der Waals surface area contributed by atoms with E-state index in [9.17, 15) is 0 Å². The van der Waals surface area contributed by atoms with Crippen molar-refractivity contribution in [2.24, 2.45) is 0 Å². The Hall–Kier alpha value is 0.180. The minimum atomic E-state index is 1.04. The van der Waals surface area contributed by atoms with E-state index in [4.69, 9.17) is 0 Å². The summed E-state index contributed by atoms with van der Waals surface area (Å²) in [6, 6.07) is 0. The lowest BCUT2D eigenvalue weighted by atomic mass is 10.3. The molecule has 0 bridgehead atoms. The first kappa shape index (κ1) is 6.30. The third kappa shape index (κ3) is 1.33. The molecule has 0 aliphatic carbocycles. The van der Waals surface area contributed by atoms with E-state index in [0.29, 0.717) is 0 Å². The van der Waals surface area contributed by atoms with Gasteiger partial charge in [0.1, 0.15) is 0 Å². The zero-order valence-corrected chi connectivity index (χ0v) is 6.61. The molecule has 0 spiro atoms. The quantitative estimate of drug-likeness (QED) is 0.429. The highest BCUT2D eigenvalue weighted by Crippen LogP contribution is 2.07. The lowest BCUT2D eigenvalue weighted by Crippen LogP contribution is -2.13. The molecule has 1 heterocycles. The van der Waals surface area contributed by atoms with Crippen LogP contribution >= 0.6 is 15.9 Å². The zero-order valence-electron chi connectivity index (χ0n) is 5.02. The second-order valence-electron chi connectivity index (χ2n) is 2.19. The smallest absolute Gasteiger partial charge is 0.0255 e. The summed E-state index contributed by atoms with van der Waals surface area (Å²) in [6.07, 6.45) is 2.27. The number of likely N-dealkylation sites (N-methyl/N-ethyl adjacent to an activating group) is 1. The summed E-state index contributed by atoms with van der Waals surface area (Å²) in [7, 11) is 2.13. The molecule has 1 aliphatic rings. The summed E-state index contributed by atoms with van der Waals surface area (Å²) in [5.41, 5.74) is 1.51. The van der Waals surface area contributed by atoms with Crippen LogP contribution in [0.25, 0.3) is 0 Å². The molecule has 1 aliphatic heterocycles. The maximum atomic E-state index is 3.41. The first-order chi connectivity index (χ1) is 3.83. The lowest BCUT2D eigenvalue weighted by molar-refractivity contribution is 0.430. The summed E-state index contributed by atoms with van der Waals surface area (Å²) < 4.78 is 0. The van der Waals surface area contributed by atoms with Crippen LogP contribution in [0.1, 0.15) is 0 Å². The Kier molecular flexibility index (Phi) is 2.08. The molecule has 0 unspecified atom stereocenters. The van der Waals surface area contributed by atoms with Gasteiger partial charge in [-0.2, -0.15) is 0 Å². The molecular weight excluding hydrogens is 166 g/mol. The van der Waals surface area contributed by atoms with Crippen molar-refractivity contribution in [2.75, 3.05) is 25.5 Å². The van der Waals surface area contributed by atoms with Crippen LogP contribution in [0, 0.1) is 0 Å². The van der Waals surface area contributed by atoms with Crippen LogP contribution in [-0.4, -0.2) is 30.4 Å². The van der Waals surface area contributed by atoms with Gasteiger partial charge in [0.25, 0.3) is 0 Å². The molecule has 0 aromatic heterocycles. The number of nitrogens with zero attached hydrogens (tertiary/aromatic N) is 1. The highest BCUT2D eigenvalue weighted by molar-refractivity contribution is 9.09. The fourth-order valence-electron chi connectivity index (χ4n) is 0.858. The van der Waals surface area contributed by atoms with Gasteiger partial charge in [-0.15, -0.1) is 0 Å². The van der Waals surface area contributed by atoms with Crippen molar-refractivity contribution >= 4 is 15.9 Å². The van der Waals surface area contributed by atoms with Gasteiger partial charge in [-0.05, 0) is 12.6 Å². The van der Waals surface area contributed by atoms with Crippen LogP contribution in [0.2, 0.25) is 0 Å². The highest BCUT2D eigenvalue weighted by atomic mass is 79.9. The number of alkyl halides is 1. The predicted molar refractivity (Wildman–Crippen MR) is 39.4 cm³/mol. The number of rotatable bonds is 1. The number of hydrogen-bond acceptors (Lipinski definition) is 1. The van der Waals surface area contributed by atoms with E-state index in [2.05, 4.69) is 34.0 Å². The molecule has 1 rings (SSSR count). The highest BCUT2D eigenvalue weighted by Gasteiger charge is 2.06. The molecule has 0 saturated carbocycles. The van der Waals surface area contributed by atoms with Crippen LogP contribution < -0.4 is 0 Å². The molecule has 0 radical (unpaired) electrons. The summed E-state index contributed by atoms with van der Waals surface area (Å²) in [6.45, 7) is 2.27. The van der Waals surface area contributed by atoms with Gasteiger partial charge < -0.3 is 0 Å². The molecule has 0 aromatic rings. The summed E-state index contributed by atoms with van der Waals surface area (Å²) >= 11 is 3.41. The maximum absolute atomic E-state index is 3.41. The van der Waals surface area contributed by atoms with E-state index < -0.39 is 0 Å². The van der Waals surface area contributed by atoms with E-state index in [0.717, 1.165) is 18.4 Å². The van der Waals surface area contributed by atoms with Crippen molar-refractivity contribution in [2.45, 2.75) is 0 Å². The Labute approximate surface area is 58.5 Å². The first-order valence-corrected chi connectivity index (χ1v) is 3.87. The normalized spacial score (nSPS) is 21.5. The van der Waals surface area contributed by atoms with E-state index in [1.807, 2.05) is 0 Å². The molecule has 0 fully saturated rings. The third-order valence-corrected chi connectivity index (χ3v) is 2.06. The van der Waals surface area contributed by atoms with Crippen molar-refractivity contribution in [3.05, 3.63) is 11.6 Å². The molecule has 2 heteroatoms. The molecule has 0 amide bonds. The van der Waals surface area contributed by atoms with Crippen LogP contribution in [0.15, 0.2) is 11.6 Å². The summed E-state index contributed by atoms with van der Waals surface area (Å²) in [4.78, 5) is 2.29. The van der Waals surface area contributed by atoms with E-state index in [1.54, 1.807) is 0 Å². The van der Waals surface area contributed by atoms with Gasteiger partial charge in [-0.3, -0.25) is 4.90 Å². The molecular formula is C6H10BrN. The van der Waals surface area contributed by atoms with Crippen molar-refractivity contribution in [3.63, 3.8) is 0 Å². The van der Waals surface area contributed by atoms with Crippen molar-refractivity contribution in [1.82, 2.24) is 4.90 Å². The SMILES string of the molecule is CN1CC=C(CBr)C1. The molecule has 1 nitrogen and oxygen atoms in total. The fourth-order valence-corrected chi connectivity index (χ4v) is 1.26. The fraction of sp³-hybridized carbons (Fsp3) is 0.667. The number of hydrogen-bond donors (Lipinski definition) is 0. The Balaban J connectivity index is 2.37. The second kappa shape index (κ2) is 2.65. The second-order valence-corrected chi connectivity index (χ2v) is 2.75. The maximum Gasteiger partial charge on any atom is 0.0255 e. The molecule has 0 aromatic carbocycles. The predicted octanol–water partition coefficient (Wildman–Crippen LogP) is 1.25. The summed E-state index contributed by atoms with van der Waals surface area (Å²) in [5.74, 6) is 0. The van der Waals surface area contributed by atoms with Crippen LogP contribution in [0.4, 0.5) is 0 Å². The lowest BCUT2D eigenvalue weighted by Gasteiger charge is -2.04. The molecule has 0 N–H and O–H groups in total. The Morgan fingerprint density at radius 1 is 1.88 bits per heavy atom.